The monoisotopic (exact) mass is 239 g/mol. The smallest absolute Gasteiger partial charge is 0.305 e. The molecule has 1 fully saturated rings. The lowest BCUT2D eigenvalue weighted by atomic mass is 9.85. The third kappa shape index (κ3) is 3.06. The van der Waals surface area contributed by atoms with Crippen LogP contribution in [0, 0.1) is 5.92 Å². The molecule has 4 heteroatoms. The quantitative estimate of drug-likeness (QED) is 0.802. The number of carboxylic acid groups (broad SMARTS) is 1. The Morgan fingerprint density at radius 3 is 2.94 bits per heavy atom. The van der Waals surface area contributed by atoms with Crippen LogP contribution in [0.3, 0.4) is 0 Å². The van der Waals surface area contributed by atoms with E-state index in [1.807, 2.05) is 17.5 Å². The Hall–Kier alpha value is -0.870. The first-order valence-electron chi connectivity index (χ1n) is 5.74. The van der Waals surface area contributed by atoms with Crippen molar-refractivity contribution < 1.29 is 9.90 Å². The van der Waals surface area contributed by atoms with Crippen LogP contribution in [0.5, 0.6) is 0 Å². The summed E-state index contributed by atoms with van der Waals surface area (Å²) in [6.07, 6.45) is 4.08. The fraction of sp³-hybridized carbons (Fsp3) is 0.583. The molecule has 2 N–H and O–H groups in total. The Bertz CT molecular complexity index is 333. The molecule has 1 aliphatic carbocycles. The summed E-state index contributed by atoms with van der Waals surface area (Å²) in [6, 6.07) is 3.96. The van der Waals surface area contributed by atoms with Crippen LogP contribution in [0.15, 0.2) is 17.5 Å². The van der Waals surface area contributed by atoms with Gasteiger partial charge in [-0.3, -0.25) is 4.79 Å². The molecule has 0 radical (unpaired) electrons. The van der Waals surface area contributed by atoms with E-state index in [4.69, 9.17) is 5.11 Å². The van der Waals surface area contributed by atoms with Gasteiger partial charge in [0.25, 0.3) is 0 Å². The zero-order valence-corrected chi connectivity index (χ0v) is 10.0. The average Bonchev–Trinajstić information content (AvgIpc) is 2.65. The van der Waals surface area contributed by atoms with Crippen molar-refractivity contribution in [1.82, 2.24) is 5.32 Å². The number of aliphatic carboxylic acids is 1. The molecule has 0 bridgehead atoms. The van der Waals surface area contributed by atoms with Gasteiger partial charge < -0.3 is 10.4 Å². The van der Waals surface area contributed by atoms with Gasteiger partial charge in [-0.05, 0) is 36.8 Å². The summed E-state index contributed by atoms with van der Waals surface area (Å²) < 4.78 is 0. The van der Waals surface area contributed by atoms with Crippen LogP contribution < -0.4 is 5.32 Å². The Balaban J connectivity index is 1.88. The van der Waals surface area contributed by atoms with Gasteiger partial charge in [-0.1, -0.05) is 12.5 Å². The lowest BCUT2D eigenvalue weighted by Gasteiger charge is -2.27. The van der Waals surface area contributed by atoms with E-state index in [-0.39, 0.29) is 12.5 Å². The van der Waals surface area contributed by atoms with Crippen molar-refractivity contribution in [1.29, 1.82) is 0 Å². The molecule has 1 aliphatic rings. The summed E-state index contributed by atoms with van der Waals surface area (Å²) in [6.45, 7) is 0.954. The molecule has 2 rings (SSSR count). The normalized spacial score (nSPS) is 18.0. The number of carboxylic acids is 1. The highest BCUT2D eigenvalue weighted by atomic mass is 32.1. The fourth-order valence-corrected chi connectivity index (χ4v) is 2.75. The number of hydrogen-bond donors (Lipinski definition) is 2. The standard InChI is InChI=1S/C12H17NO2S/c14-12(15)7-10(11-5-2-6-16-11)13-8-9-3-1-4-9/h2,5-6,9-10,13H,1,3-4,7-8H2,(H,14,15). The number of nitrogens with one attached hydrogen (secondary N) is 1. The minimum atomic E-state index is -0.737. The predicted molar refractivity (Wildman–Crippen MR) is 64.7 cm³/mol. The van der Waals surface area contributed by atoms with E-state index in [1.54, 1.807) is 11.3 Å². The average molecular weight is 239 g/mol. The molecule has 0 saturated heterocycles. The van der Waals surface area contributed by atoms with Crippen LogP contribution in [0.25, 0.3) is 0 Å². The van der Waals surface area contributed by atoms with E-state index < -0.39 is 5.97 Å². The van der Waals surface area contributed by atoms with Gasteiger partial charge in [0.1, 0.15) is 0 Å². The van der Waals surface area contributed by atoms with Crippen molar-refractivity contribution >= 4 is 17.3 Å². The second-order valence-corrected chi connectivity index (χ2v) is 5.35. The fourth-order valence-electron chi connectivity index (χ4n) is 1.94. The summed E-state index contributed by atoms with van der Waals surface area (Å²) >= 11 is 1.62. The van der Waals surface area contributed by atoms with Gasteiger partial charge >= 0.3 is 5.97 Å². The van der Waals surface area contributed by atoms with E-state index in [0.717, 1.165) is 17.3 Å². The summed E-state index contributed by atoms with van der Waals surface area (Å²) in [5.74, 6) is 0.0239. The Morgan fingerprint density at radius 2 is 2.44 bits per heavy atom. The van der Waals surface area contributed by atoms with E-state index >= 15 is 0 Å². The number of carbonyl (C=O) groups is 1. The summed E-state index contributed by atoms with van der Waals surface area (Å²) in [7, 11) is 0. The Morgan fingerprint density at radius 1 is 1.62 bits per heavy atom. The number of thiophene rings is 1. The van der Waals surface area contributed by atoms with Crippen molar-refractivity contribution in [3.8, 4) is 0 Å². The van der Waals surface area contributed by atoms with Crippen molar-refractivity contribution in [2.45, 2.75) is 31.7 Å². The molecule has 0 aliphatic heterocycles. The Kier molecular flexibility index (Phi) is 3.96. The summed E-state index contributed by atoms with van der Waals surface area (Å²) in [5.41, 5.74) is 0. The number of hydrogen-bond acceptors (Lipinski definition) is 3. The molecule has 1 unspecified atom stereocenters. The lowest BCUT2D eigenvalue weighted by molar-refractivity contribution is -0.137. The van der Waals surface area contributed by atoms with Crippen LogP contribution in [0.2, 0.25) is 0 Å². The molecule has 1 atom stereocenters. The van der Waals surface area contributed by atoms with Crippen LogP contribution in [-0.4, -0.2) is 17.6 Å². The zero-order chi connectivity index (χ0) is 11.4. The molecular weight excluding hydrogens is 222 g/mol. The maximum atomic E-state index is 10.8. The third-order valence-electron chi connectivity index (χ3n) is 3.14. The predicted octanol–water partition coefficient (Wildman–Crippen LogP) is 2.65. The van der Waals surface area contributed by atoms with Crippen LogP contribution >= 0.6 is 11.3 Å². The second-order valence-electron chi connectivity index (χ2n) is 4.37. The third-order valence-corrected chi connectivity index (χ3v) is 4.13. The second kappa shape index (κ2) is 5.46. The van der Waals surface area contributed by atoms with Crippen molar-refractivity contribution in [2.24, 2.45) is 5.92 Å². The van der Waals surface area contributed by atoms with Gasteiger partial charge in [-0.15, -0.1) is 11.3 Å². The van der Waals surface area contributed by atoms with Crippen molar-refractivity contribution in [3.05, 3.63) is 22.4 Å². The minimum absolute atomic E-state index is 0.0156. The molecule has 16 heavy (non-hydrogen) atoms. The van der Waals surface area contributed by atoms with E-state index in [0.29, 0.717) is 0 Å². The molecule has 1 heterocycles. The highest BCUT2D eigenvalue weighted by molar-refractivity contribution is 7.10. The Labute approximate surface area is 99.5 Å². The van der Waals surface area contributed by atoms with Crippen LogP contribution in [-0.2, 0) is 4.79 Å². The van der Waals surface area contributed by atoms with Crippen LogP contribution in [0.4, 0.5) is 0 Å². The lowest BCUT2D eigenvalue weighted by Crippen LogP contribution is -2.31. The van der Waals surface area contributed by atoms with E-state index in [9.17, 15) is 4.79 Å². The van der Waals surface area contributed by atoms with Gasteiger partial charge in [0.15, 0.2) is 0 Å². The first-order valence-corrected chi connectivity index (χ1v) is 6.62. The number of rotatable bonds is 6. The van der Waals surface area contributed by atoms with Crippen LogP contribution in [0.1, 0.15) is 36.6 Å². The van der Waals surface area contributed by atoms with Gasteiger partial charge in [0.2, 0.25) is 0 Å². The minimum Gasteiger partial charge on any atom is -0.481 e. The molecule has 0 spiro atoms. The van der Waals surface area contributed by atoms with E-state index in [1.165, 1.54) is 19.3 Å². The van der Waals surface area contributed by atoms with E-state index in [2.05, 4.69) is 5.32 Å². The first kappa shape index (κ1) is 11.6. The molecule has 1 aromatic rings. The highest BCUT2D eigenvalue weighted by Gasteiger charge is 2.21. The topological polar surface area (TPSA) is 49.3 Å². The maximum Gasteiger partial charge on any atom is 0.305 e. The summed E-state index contributed by atoms with van der Waals surface area (Å²) in [4.78, 5) is 11.9. The molecular formula is C12H17NO2S. The SMILES string of the molecule is O=C(O)CC(NCC1CCC1)c1cccs1. The molecule has 1 saturated carbocycles. The molecule has 88 valence electrons. The maximum absolute atomic E-state index is 10.8. The van der Waals surface area contributed by atoms with Crippen molar-refractivity contribution in [3.63, 3.8) is 0 Å². The van der Waals surface area contributed by atoms with Gasteiger partial charge in [-0.25, -0.2) is 0 Å². The highest BCUT2D eigenvalue weighted by Crippen LogP contribution is 2.27. The largest absolute Gasteiger partial charge is 0.481 e. The first-order chi connectivity index (χ1) is 7.75. The zero-order valence-electron chi connectivity index (χ0n) is 9.19. The summed E-state index contributed by atoms with van der Waals surface area (Å²) in [5, 5.41) is 14.3. The van der Waals surface area contributed by atoms with Gasteiger partial charge in [0, 0.05) is 4.88 Å². The molecule has 1 aromatic heterocycles. The van der Waals surface area contributed by atoms with Gasteiger partial charge in [-0.2, -0.15) is 0 Å². The molecule has 0 aromatic carbocycles. The van der Waals surface area contributed by atoms with Gasteiger partial charge in [0.05, 0.1) is 12.5 Å². The molecule has 3 nitrogen and oxygen atoms in total. The molecule has 0 amide bonds. The van der Waals surface area contributed by atoms with Crippen molar-refractivity contribution in [2.75, 3.05) is 6.54 Å².